The van der Waals surface area contributed by atoms with Crippen molar-refractivity contribution >= 4 is 0 Å². The van der Waals surface area contributed by atoms with E-state index < -0.39 is 0 Å². The molecule has 1 aliphatic carbocycles. The molecule has 0 amide bonds. The minimum Gasteiger partial charge on any atom is -0.396 e. The van der Waals surface area contributed by atoms with Gasteiger partial charge in [-0.2, -0.15) is 0 Å². The van der Waals surface area contributed by atoms with Crippen LogP contribution in [0.5, 0.6) is 0 Å². The zero-order valence-electron chi connectivity index (χ0n) is 12.2. The first-order valence-corrected chi connectivity index (χ1v) is 7.96. The Labute approximate surface area is 112 Å². The molecule has 2 heteroatoms. The third-order valence-corrected chi connectivity index (χ3v) is 6.48. The van der Waals surface area contributed by atoms with Crippen LogP contribution in [0.25, 0.3) is 0 Å². The Balaban J connectivity index is 1.78. The molecule has 0 aromatic heterocycles. The van der Waals surface area contributed by atoms with Gasteiger partial charge in [0.1, 0.15) is 0 Å². The first-order chi connectivity index (χ1) is 8.61. The van der Waals surface area contributed by atoms with Crippen molar-refractivity contribution in [1.82, 2.24) is 4.90 Å². The molecule has 1 saturated carbocycles. The molecule has 2 saturated heterocycles. The number of rotatable bonds is 1. The van der Waals surface area contributed by atoms with Gasteiger partial charge in [-0.3, -0.25) is 4.90 Å². The maximum Gasteiger partial charge on any atom is 0.0462 e. The average molecular weight is 251 g/mol. The highest BCUT2D eigenvalue weighted by Gasteiger charge is 2.50. The molecule has 0 radical (unpaired) electrons. The second-order valence-electron chi connectivity index (χ2n) is 7.43. The summed E-state index contributed by atoms with van der Waals surface area (Å²) in [5, 5.41) is 9.56. The molecule has 0 spiro atoms. The van der Waals surface area contributed by atoms with E-state index in [1.54, 1.807) is 0 Å². The molecule has 7 atom stereocenters. The van der Waals surface area contributed by atoms with Crippen molar-refractivity contribution in [1.29, 1.82) is 0 Å². The largest absolute Gasteiger partial charge is 0.396 e. The first-order valence-electron chi connectivity index (χ1n) is 7.96. The van der Waals surface area contributed by atoms with Crippen molar-refractivity contribution < 1.29 is 5.11 Å². The van der Waals surface area contributed by atoms with Gasteiger partial charge in [0.15, 0.2) is 0 Å². The van der Waals surface area contributed by atoms with E-state index in [4.69, 9.17) is 0 Å². The molecule has 2 heterocycles. The van der Waals surface area contributed by atoms with Gasteiger partial charge in [0, 0.05) is 25.7 Å². The normalized spacial score (nSPS) is 53.0. The maximum absolute atomic E-state index is 9.56. The van der Waals surface area contributed by atoms with Gasteiger partial charge >= 0.3 is 0 Å². The summed E-state index contributed by atoms with van der Waals surface area (Å²) in [6.07, 6.45) is 4.11. The Kier molecular flexibility index (Phi) is 3.44. The van der Waals surface area contributed by atoms with Crippen LogP contribution in [0, 0.1) is 35.5 Å². The number of aliphatic hydroxyl groups is 1. The number of nitrogens with zero attached hydrogens (tertiary/aromatic N) is 1. The molecule has 104 valence electrons. The third kappa shape index (κ3) is 1.92. The highest BCUT2D eigenvalue weighted by atomic mass is 16.3. The van der Waals surface area contributed by atoms with Crippen LogP contribution in [0.15, 0.2) is 0 Å². The van der Waals surface area contributed by atoms with Crippen LogP contribution in [-0.4, -0.2) is 35.7 Å². The first kappa shape index (κ1) is 12.9. The summed E-state index contributed by atoms with van der Waals surface area (Å²) in [5.41, 5.74) is 0. The minimum atomic E-state index is 0.405. The standard InChI is InChI=1S/C16H29NO/c1-10-4-5-16-12(3)14-6-13(9-18)11(2)15(14)8-17(16)7-10/h10-16,18H,4-9H2,1-3H3/t10-,11+,12-,13+,14-,15-,16+/m0/s1. The van der Waals surface area contributed by atoms with E-state index in [2.05, 4.69) is 25.7 Å². The van der Waals surface area contributed by atoms with Crippen molar-refractivity contribution in [2.45, 2.75) is 46.1 Å². The molecule has 0 aromatic rings. The van der Waals surface area contributed by atoms with E-state index in [0.29, 0.717) is 12.5 Å². The summed E-state index contributed by atoms with van der Waals surface area (Å²) in [4.78, 5) is 2.79. The summed E-state index contributed by atoms with van der Waals surface area (Å²) in [7, 11) is 0. The van der Waals surface area contributed by atoms with Crippen LogP contribution in [-0.2, 0) is 0 Å². The van der Waals surface area contributed by atoms with Gasteiger partial charge in [-0.05, 0) is 54.8 Å². The predicted molar refractivity (Wildman–Crippen MR) is 74.3 cm³/mol. The van der Waals surface area contributed by atoms with Crippen LogP contribution >= 0.6 is 0 Å². The molecule has 0 unspecified atom stereocenters. The lowest BCUT2D eigenvalue weighted by atomic mass is 9.71. The van der Waals surface area contributed by atoms with Gasteiger partial charge in [0.2, 0.25) is 0 Å². The topological polar surface area (TPSA) is 23.5 Å². The predicted octanol–water partition coefficient (Wildman–Crippen LogP) is 2.62. The fraction of sp³-hybridized carbons (Fsp3) is 1.00. The minimum absolute atomic E-state index is 0.405. The van der Waals surface area contributed by atoms with Gasteiger partial charge in [0.25, 0.3) is 0 Å². The molecule has 3 fully saturated rings. The third-order valence-electron chi connectivity index (χ3n) is 6.48. The van der Waals surface area contributed by atoms with E-state index in [1.807, 2.05) is 0 Å². The second-order valence-corrected chi connectivity index (χ2v) is 7.43. The molecule has 1 N–H and O–H groups in total. The van der Waals surface area contributed by atoms with Crippen molar-refractivity contribution in [3.05, 3.63) is 0 Å². The van der Waals surface area contributed by atoms with Crippen LogP contribution in [0.2, 0.25) is 0 Å². The van der Waals surface area contributed by atoms with Crippen LogP contribution < -0.4 is 0 Å². The zero-order valence-corrected chi connectivity index (χ0v) is 12.2. The van der Waals surface area contributed by atoms with Crippen molar-refractivity contribution in [3.63, 3.8) is 0 Å². The Hall–Kier alpha value is -0.0800. The monoisotopic (exact) mass is 251 g/mol. The Bertz CT molecular complexity index is 305. The number of piperidine rings is 2. The molecular weight excluding hydrogens is 222 g/mol. The van der Waals surface area contributed by atoms with Gasteiger partial charge in [-0.1, -0.05) is 20.8 Å². The Morgan fingerprint density at radius 1 is 1.00 bits per heavy atom. The van der Waals surface area contributed by atoms with E-state index in [0.717, 1.165) is 35.6 Å². The fourth-order valence-corrected chi connectivity index (χ4v) is 5.25. The molecule has 18 heavy (non-hydrogen) atoms. The molecule has 3 rings (SSSR count). The molecule has 3 aliphatic rings. The smallest absolute Gasteiger partial charge is 0.0462 e. The average Bonchev–Trinajstić information content (AvgIpc) is 2.67. The van der Waals surface area contributed by atoms with E-state index in [1.165, 1.54) is 32.4 Å². The van der Waals surface area contributed by atoms with Crippen LogP contribution in [0.3, 0.4) is 0 Å². The summed E-state index contributed by atoms with van der Waals surface area (Å²) in [6.45, 7) is 10.3. The quantitative estimate of drug-likeness (QED) is 0.774. The molecule has 0 bridgehead atoms. The van der Waals surface area contributed by atoms with E-state index >= 15 is 0 Å². The van der Waals surface area contributed by atoms with E-state index in [9.17, 15) is 5.11 Å². The lowest BCUT2D eigenvalue weighted by Crippen LogP contribution is -2.55. The van der Waals surface area contributed by atoms with Gasteiger partial charge in [-0.15, -0.1) is 0 Å². The summed E-state index contributed by atoms with van der Waals surface area (Å²) in [6, 6.07) is 0.840. The van der Waals surface area contributed by atoms with E-state index in [-0.39, 0.29) is 0 Å². The highest BCUT2D eigenvalue weighted by Crippen LogP contribution is 2.51. The van der Waals surface area contributed by atoms with Gasteiger partial charge in [0.05, 0.1) is 0 Å². The lowest BCUT2D eigenvalue weighted by Gasteiger charge is -2.51. The summed E-state index contributed by atoms with van der Waals surface area (Å²) < 4.78 is 0. The number of hydrogen-bond acceptors (Lipinski definition) is 2. The molecular formula is C16H29NO. The zero-order chi connectivity index (χ0) is 12.9. The summed E-state index contributed by atoms with van der Waals surface area (Å²) >= 11 is 0. The highest BCUT2D eigenvalue weighted by molar-refractivity contribution is 5.01. The molecule has 2 nitrogen and oxygen atoms in total. The SMILES string of the molecule is C[C@H]1CC[C@@H]2[C@@H](C)[C@@H]3C[C@H](CO)[C@@H](C)[C@@H]3CN2C1. The Morgan fingerprint density at radius 2 is 1.78 bits per heavy atom. The maximum atomic E-state index is 9.56. The van der Waals surface area contributed by atoms with Gasteiger partial charge < -0.3 is 5.11 Å². The fourth-order valence-electron chi connectivity index (χ4n) is 5.25. The van der Waals surface area contributed by atoms with Crippen molar-refractivity contribution in [3.8, 4) is 0 Å². The second kappa shape index (κ2) is 4.79. The number of fused-ring (bicyclic) bond motifs is 2. The van der Waals surface area contributed by atoms with Crippen molar-refractivity contribution in [2.24, 2.45) is 35.5 Å². The molecule has 2 aliphatic heterocycles. The molecule has 0 aromatic carbocycles. The van der Waals surface area contributed by atoms with Crippen molar-refractivity contribution in [2.75, 3.05) is 19.7 Å². The Morgan fingerprint density at radius 3 is 2.50 bits per heavy atom. The summed E-state index contributed by atoms with van der Waals surface area (Å²) in [5.74, 6) is 4.75. The van der Waals surface area contributed by atoms with Crippen LogP contribution in [0.4, 0.5) is 0 Å². The van der Waals surface area contributed by atoms with Gasteiger partial charge in [-0.25, -0.2) is 0 Å². The number of hydrogen-bond donors (Lipinski definition) is 1. The number of aliphatic hydroxyl groups excluding tert-OH is 1. The lowest BCUT2D eigenvalue weighted by molar-refractivity contribution is -0.0205. The van der Waals surface area contributed by atoms with Crippen LogP contribution in [0.1, 0.15) is 40.0 Å².